The van der Waals surface area contributed by atoms with Gasteiger partial charge in [0.05, 0.1) is 0 Å². The maximum atomic E-state index is 11.2. The van der Waals surface area contributed by atoms with Gasteiger partial charge in [-0.2, -0.15) is 0 Å². The summed E-state index contributed by atoms with van der Waals surface area (Å²) in [5.41, 5.74) is 0. The zero-order valence-electron chi connectivity index (χ0n) is 10.5. The Kier molecular flexibility index (Phi) is 7.81. The normalized spacial score (nSPS) is 12.8. The minimum Gasteiger partial charge on any atom is -0.480 e. The van der Waals surface area contributed by atoms with E-state index in [2.05, 4.69) is 0 Å². The van der Waals surface area contributed by atoms with Crippen LogP contribution in [0.25, 0.3) is 0 Å². The highest BCUT2D eigenvalue weighted by Crippen LogP contribution is 2.10. The molecule has 0 aromatic carbocycles. The summed E-state index contributed by atoms with van der Waals surface area (Å²) in [4.78, 5) is 24.0. The van der Waals surface area contributed by atoms with E-state index in [1.165, 1.54) is 6.92 Å². The topological polar surface area (TPSA) is 57.6 Å². The summed E-state index contributed by atoms with van der Waals surface area (Å²) in [6.07, 6.45) is 2.64. The van der Waals surface area contributed by atoms with Crippen molar-refractivity contribution in [2.75, 3.05) is 13.1 Å². The molecule has 0 saturated carbocycles. The van der Waals surface area contributed by atoms with Crippen LogP contribution < -0.4 is 0 Å². The third-order valence-electron chi connectivity index (χ3n) is 2.52. The molecule has 16 heavy (non-hydrogen) atoms. The van der Waals surface area contributed by atoms with Crippen LogP contribution in [-0.4, -0.2) is 40.9 Å². The Morgan fingerprint density at radius 1 is 1.19 bits per heavy atom. The second kappa shape index (κ2) is 8.28. The third kappa shape index (κ3) is 5.85. The Bertz CT molecular complexity index is 222. The largest absolute Gasteiger partial charge is 0.480 e. The van der Waals surface area contributed by atoms with Gasteiger partial charge in [-0.3, -0.25) is 9.69 Å². The van der Waals surface area contributed by atoms with Crippen molar-refractivity contribution in [1.82, 2.24) is 4.90 Å². The molecule has 0 amide bonds. The first-order valence-corrected chi connectivity index (χ1v) is 5.99. The van der Waals surface area contributed by atoms with Gasteiger partial charge in [-0.25, -0.2) is 0 Å². The molecule has 4 heteroatoms. The highest BCUT2D eigenvalue weighted by atomic mass is 16.4. The lowest BCUT2D eigenvalue weighted by Crippen LogP contribution is -2.42. The molecule has 94 valence electrons. The van der Waals surface area contributed by atoms with E-state index in [1.807, 2.05) is 18.7 Å². The molecule has 4 nitrogen and oxygen atoms in total. The lowest BCUT2D eigenvalue weighted by atomic mass is 10.1. The summed E-state index contributed by atoms with van der Waals surface area (Å²) in [5, 5.41) is 9.16. The predicted molar refractivity (Wildman–Crippen MR) is 63.5 cm³/mol. The molecule has 0 rings (SSSR count). The van der Waals surface area contributed by atoms with E-state index in [9.17, 15) is 9.59 Å². The lowest BCUT2D eigenvalue weighted by Gasteiger charge is -2.27. The van der Waals surface area contributed by atoms with E-state index >= 15 is 0 Å². The van der Waals surface area contributed by atoms with Crippen LogP contribution in [0, 0.1) is 0 Å². The monoisotopic (exact) mass is 229 g/mol. The molecule has 0 spiro atoms. The number of rotatable bonds is 9. The van der Waals surface area contributed by atoms with Gasteiger partial charge >= 0.3 is 5.97 Å². The number of carboxylic acid groups (broad SMARTS) is 1. The molecule has 0 saturated heterocycles. The quantitative estimate of drug-likeness (QED) is 0.656. The van der Waals surface area contributed by atoms with Crippen LogP contribution in [0.4, 0.5) is 0 Å². The van der Waals surface area contributed by atoms with Crippen LogP contribution in [0.3, 0.4) is 0 Å². The van der Waals surface area contributed by atoms with Crippen LogP contribution in [0.2, 0.25) is 0 Å². The lowest BCUT2D eigenvalue weighted by molar-refractivity contribution is -0.143. The van der Waals surface area contributed by atoms with Crippen molar-refractivity contribution in [2.24, 2.45) is 0 Å². The summed E-state index contributed by atoms with van der Waals surface area (Å²) in [6, 6.07) is -0.510. The van der Waals surface area contributed by atoms with Crippen molar-refractivity contribution in [2.45, 2.75) is 52.5 Å². The third-order valence-corrected chi connectivity index (χ3v) is 2.52. The number of nitrogens with zero attached hydrogens (tertiary/aromatic N) is 1. The van der Waals surface area contributed by atoms with E-state index in [4.69, 9.17) is 5.11 Å². The minimum absolute atomic E-state index is 0.0548. The fourth-order valence-electron chi connectivity index (χ4n) is 1.80. The van der Waals surface area contributed by atoms with Gasteiger partial charge in [0.1, 0.15) is 11.8 Å². The predicted octanol–water partition coefficient (Wildman–Crippen LogP) is 1.93. The molecule has 1 unspecified atom stereocenters. The van der Waals surface area contributed by atoms with Crippen LogP contribution in [0.15, 0.2) is 0 Å². The zero-order valence-corrected chi connectivity index (χ0v) is 10.5. The molecule has 0 aliphatic heterocycles. The number of hydrogen-bond donors (Lipinski definition) is 1. The number of carboxylic acids is 1. The average molecular weight is 229 g/mol. The molecule has 0 aliphatic carbocycles. The van der Waals surface area contributed by atoms with Gasteiger partial charge in [0.2, 0.25) is 0 Å². The van der Waals surface area contributed by atoms with Crippen LogP contribution >= 0.6 is 0 Å². The summed E-state index contributed by atoms with van der Waals surface area (Å²) in [5.74, 6) is -0.762. The van der Waals surface area contributed by atoms with Crippen molar-refractivity contribution in [3.8, 4) is 0 Å². The Morgan fingerprint density at radius 2 is 1.69 bits per heavy atom. The Balaban J connectivity index is 4.43. The maximum absolute atomic E-state index is 11.2. The van der Waals surface area contributed by atoms with E-state index in [0.717, 1.165) is 25.9 Å². The summed E-state index contributed by atoms with van der Waals surface area (Å²) < 4.78 is 0. The van der Waals surface area contributed by atoms with Gasteiger partial charge in [0.15, 0.2) is 0 Å². The Labute approximate surface area is 97.6 Å². The Hall–Kier alpha value is -0.900. The molecule has 1 N–H and O–H groups in total. The van der Waals surface area contributed by atoms with Crippen molar-refractivity contribution in [1.29, 1.82) is 0 Å². The fraction of sp³-hybridized carbons (Fsp3) is 0.833. The van der Waals surface area contributed by atoms with Crippen molar-refractivity contribution in [3.05, 3.63) is 0 Å². The van der Waals surface area contributed by atoms with Crippen molar-refractivity contribution >= 4 is 11.8 Å². The van der Waals surface area contributed by atoms with Gasteiger partial charge in [-0.15, -0.1) is 0 Å². The first-order chi connectivity index (χ1) is 7.52. The molecule has 1 atom stereocenters. The molecule has 0 heterocycles. The smallest absolute Gasteiger partial charge is 0.320 e. The number of hydrogen-bond acceptors (Lipinski definition) is 3. The number of carbonyl (C=O) groups excluding carboxylic acids is 1. The van der Waals surface area contributed by atoms with Crippen molar-refractivity contribution in [3.63, 3.8) is 0 Å². The van der Waals surface area contributed by atoms with Crippen LogP contribution in [0.5, 0.6) is 0 Å². The van der Waals surface area contributed by atoms with E-state index in [-0.39, 0.29) is 5.78 Å². The average Bonchev–Trinajstić information content (AvgIpc) is 2.17. The van der Waals surface area contributed by atoms with E-state index in [0.29, 0.717) is 12.8 Å². The zero-order chi connectivity index (χ0) is 12.6. The van der Waals surface area contributed by atoms with E-state index < -0.39 is 12.0 Å². The summed E-state index contributed by atoms with van der Waals surface area (Å²) in [7, 11) is 0. The molecular weight excluding hydrogens is 206 g/mol. The highest BCUT2D eigenvalue weighted by Gasteiger charge is 2.24. The Morgan fingerprint density at radius 3 is 2.00 bits per heavy atom. The number of Topliss-reactive ketones (excluding diaryl/α,β-unsaturated/α-hetero) is 1. The maximum Gasteiger partial charge on any atom is 0.320 e. The number of ketones is 1. The molecule has 0 bridgehead atoms. The van der Waals surface area contributed by atoms with E-state index in [1.54, 1.807) is 0 Å². The van der Waals surface area contributed by atoms with Crippen LogP contribution in [0.1, 0.15) is 46.5 Å². The highest BCUT2D eigenvalue weighted by molar-refractivity contribution is 5.78. The minimum atomic E-state index is -0.817. The van der Waals surface area contributed by atoms with Gasteiger partial charge in [-0.1, -0.05) is 13.8 Å². The first-order valence-electron chi connectivity index (χ1n) is 5.99. The van der Waals surface area contributed by atoms with Gasteiger partial charge in [0.25, 0.3) is 0 Å². The number of aliphatic carboxylic acids is 1. The molecule has 0 radical (unpaired) electrons. The molecule has 0 aliphatic rings. The fourth-order valence-corrected chi connectivity index (χ4v) is 1.80. The van der Waals surface area contributed by atoms with Gasteiger partial charge in [0, 0.05) is 6.42 Å². The van der Waals surface area contributed by atoms with Crippen LogP contribution in [-0.2, 0) is 9.59 Å². The SMILES string of the molecule is CCCN(CCC)C(CCC(C)=O)C(=O)O. The van der Waals surface area contributed by atoms with Gasteiger partial charge in [-0.05, 0) is 39.3 Å². The first kappa shape index (κ1) is 15.1. The molecular formula is C12H23NO3. The number of carbonyl (C=O) groups is 2. The summed E-state index contributed by atoms with van der Waals surface area (Å²) >= 11 is 0. The standard InChI is InChI=1S/C12H23NO3/c1-4-8-13(9-5-2)11(12(15)16)7-6-10(3)14/h11H,4-9H2,1-3H3,(H,15,16). The molecule has 0 fully saturated rings. The van der Waals surface area contributed by atoms with Crippen molar-refractivity contribution < 1.29 is 14.7 Å². The summed E-state index contributed by atoms with van der Waals surface area (Å²) in [6.45, 7) is 7.13. The second-order valence-electron chi connectivity index (χ2n) is 4.13. The molecule has 0 aromatic rings. The second-order valence-corrected chi connectivity index (χ2v) is 4.13. The molecule has 0 aromatic heterocycles. The van der Waals surface area contributed by atoms with Gasteiger partial charge < -0.3 is 9.90 Å².